The molecule has 4 nitrogen and oxygen atoms in total. The molecule has 0 aliphatic carbocycles. The van der Waals surface area contributed by atoms with Gasteiger partial charge in [-0.15, -0.1) is 0 Å². The van der Waals surface area contributed by atoms with Crippen molar-refractivity contribution in [3.05, 3.63) is 28.8 Å². The maximum absolute atomic E-state index is 12.0. The lowest BCUT2D eigenvalue weighted by atomic mass is 10.2. The lowest BCUT2D eigenvalue weighted by Crippen LogP contribution is -2.22. The summed E-state index contributed by atoms with van der Waals surface area (Å²) in [6.45, 7) is 6.10. The number of carboxylic acid groups (broad SMARTS) is 1. The summed E-state index contributed by atoms with van der Waals surface area (Å²) in [6.07, 6.45) is 0. The zero-order chi connectivity index (χ0) is 14.6. The van der Waals surface area contributed by atoms with Gasteiger partial charge in [0.15, 0.2) is 0 Å². The number of rotatable bonds is 5. The molecule has 1 N–H and O–H groups in total. The Labute approximate surface area is 120 Å². The summed E-state index contributed by atoms with van der Waals surface area (Å²) in [5.74, 6) is -0.812. The van der Waals surface area contributed by atoms with Crippen LogP contribution in [0.25, 0.3) is 0 Å². The number of carbonyl (C=O) groups is 1. The highest BCUT2D eigenvalue weighted by atomic mass is 35.5. The maximum Gasteiger partial charge on any atom is 0.337 e. The zero-order valence-electron chi connectivity index (χ0n) is 11.1. The molecule has 1 rings (SSSR count). The van der Waals surface area contributed by atoms with Gasteiger partial charge in [-0.1, -0.05) is 11.6 Å². The Hall–Kier alpha value is -0.910. The van der Waals surface area contributed by atoms with Crippen LogP contribution in [0, 0.1) is 0 Å². The molecule has 1 unspecified atom stereocenters. The van der Waals surface area contributed by atoms with E-state index in [1.807, 2.05) is 20.8 Å². The van der Waals surface area contributed by atoms with Crippen LogP contribution in [0.3, 0.4) is 0 Å². The number of ether oxygens (including phenoxy) is 1. The molecule has 106 valence electrons. The van der Waals surface area contributed by atoms with Crippen LogP contribution in [0.4, 0.5) is 0 Å². The van der Waals surface area contributed by atoms with Crippen LogP contribution in [0.5, 0.6) is 0 Å². The molecule has 0 amide bonds. The molecule has 1 atom stereocenters. The van der Waals surface area contributed by atoms with Crippen LogP contribution in [0.2, 0.25) is 5.02 Å². The van der Waals surface area contributed by atoms with Crippen molar-refractivity contribution < 1.29 is 18.8 Å². The van der Waals surface area contributed by atoms with E-state index in [1.54, 1.807) is 6.07 Å². The van der Waals surface area contributed by atoms with Crippen molar-refractivity contribution in [3.63, 3.8) is 0 Å². The van der Waals surface area contributed by atoms with Gasteiger partial charge in [0.05, 0.1) is 39.3 Å². The van der Waals surface area contributed by atoms with Gasteiger partial charge in [0.2, 0.25) is 0 Å². The minimum absolute atomic E-state index is 0.0377. The van der Waals surface area contributed by atoms with Gasteiger partial charge < -0.3 is 9.84 Å². The fourth-order valence-electron chi connectivity index (χ4n) is 1.35. The second-order valence-electron chi connectivity index (χ2n) is 4.96. The summed E-state index contributed by atoms with van der Waals surface area (Å²) in [5.41, 5.74) is -0.319. The first-order valence-electron chi connectivity index (χ1n) is 5.76. The summed E-state index contributed by atoms with van der Waals surface area (Å²) in [4.78, 5) is 11.4. The van der Waals surface area contributed by atoms with E-state index in [0.29, 0.717) is 17.3 Å². The number of halogens is 1. The van der Waals surface area contributed by atoms with Crippen molar-refractivity contribution in [1.82, 2.24) is 0 Å². The molecule has 6 heteroatoms. The van der Waals surface area contributed by atoms with Crippen LogP contribution in [0.1, 0.15) is 31.1 Å². The molecule has 0 saturated carbocycles. The molecule has 0 spiro atoms. The Kier molecular flexibility index (Phi) is 5.52. The smallest absolute Gasteiger partial charge is 0.337 e. The Balaban J connectivity index is 2.73. The first kappa shape index (κ1) is 16.1. The van der Waals surface area contributed by atoms with Crippen molar-refractivity contribution >= 4 is 28.4 Å². The average molecular weight is 305 g/mol. The fourth-order valence-corrected chi connectivity index (χ4v) is 2.49. The molecule has 1 aromatic rings. The summed E-state index contributed by atoms with van der Waals surface area (Å²) in [6, 6.07) is 4.36. The minimum Gasteiger partial charge on any atom is -0.478 e. The van der Waals surface area contributed by atoms with Gasteiger partial charge in [0, 0.05) is 4.90 Å². The van der Waals surface area contributed by atoms with E-state index in [1.165, 1.54) is 12.1 Å². The third-order valence-electron chi connectivity index (χ3n) is 2.23. The standard InChI is InChI=1S/C13H17ClO4S/c1-13(2,3)18-6-7-19(17)9-4-5-11(14)10(8-9)12(15)16/h4-5,8H,6-7H2,1-3H3,(H,15,16). The second kappa shape index (κ2) is 6.50. The lowest BCUT2D eigenvalue weighted by molar-refractivity contribution is 0.00668. The maximum atomic E-state index is 12.0. The van der Waals surface area contributed by atoms with Gasteiger partial charge in [-0.3, -0.25) is 4.21 Å². The monoisotopic (exact) mass is 304 g/mol. The van der Waals surface area contributed by atoms with Crippen molar-refractivity contribution in [2.24, 2.45) is 0 Å². The third-order valence-corrected chi connectivity index (χ3v) is 3.88. The summed E-state index contributed by atoms with van der Waals surface area (Å²) >= 11 is 5.76. The molecular weight excluding hydrogens is 288 g/mol. The first-order valence-corrected chi connectivity index (χ1v) is 7.45. The lowest BCUT2D eigenvalue weighted by Gasteiger charge is -2.19. The molecule has 0 aromatic heterocycles. The largest absolute Gasteiger partial charge is 0.478 e. The Morgan fingerprint density at radius 3 is 2.58 bits per heavy atom. The highest BCUT2D eigenvalue weighted by Crippen LogP contribution is 2.20. The van der Waals surface area contributed by atoms with Crippen molar-refractivity contribution in [2.45, 2.75) is 31.3 Å². The van der Waals surface area contributed by atoms with Crippen LogP contribution < -0.4 is 0 Å². The molecule has 1 aromatic carbocycles. The van der Waals surface area contributed by atoms with Gasteiger partial charge in [-0.25, -0.2) is 4.79 Å². The van der Waals surface area contributed by atoms with E-state index in [-0.39, 0.29) is 16.2 Å². The van der Waals surface area contributed by atoms with E-state index < -0.39 is 16.8 Å². The van der Waals surface area contributed by atoms with Crippen LogP contribution in [-0.2, 0) is 15.5 Å². The summed E-state index contributed by atoms with van der Waals surface area (Å²) in [5, 5.41) is 9.08. The molecule has 19 heavy (non-hydrogen) atoms. The van der Waals surface area contributed by atoms with E-state index in [0.717, 1.165) is 0 Å². The highest BCUT2D eigenvalue weighted by molar-refractivity contribution is 7.85. The van der Waals surface area contributed by atoms with E-state index in [4.69, 9.17) is 21.4 Å². The molecule has 0 aliphatic rings. The molecule has 0 bridgehead atoms. The Morgan fingerprint density at radius 1 is 1.42 bits per heavy atom. The van der Waals surface area contributed by atoms with Gasteiger partial charge in [0.1, 0.15) is 0 Å². The number of hydrogen-bond acceptors (Lipinski definition) is 3. The van der Waals surface area contributed by atoms with Crippen molar-refractivity contribution in [3.8, 4) is 0 Å². The SMILES string of the molecule is CC(C)(C)OCCS(=O)c1ccc(Cl)c(C(=O)O)c1. The summed E-state index contributed by atoms with van der Waals surface area (Å²) < 4.78 is 17.5. The minimum atomic E-state index is -1.30. The average Bonchev–Trinajstić information content (AvgIpc) is 2.27. The van der Waals surface area contributed by atoms with Crippen molar-refractivity contribution in [1.29, 1.82) is 0 Å². The molecule has 0 fully saturated rings. The van der Waals surface area contributed by atoms with E-state index in [2.05, 4.69) is 0 Å². The Morgan fingerprint density at radius 2 is 2.05 bits per heavy atom. The predicted octanol–water partition coefficient (Wildman–Crippen LogP) is 2.96. The quantitative estimate of drug-likeness (QED) is 0.908. The van der Waals surface area contributed by atoms with Gasteiger partial charge in [-0.05, 0) is 39.0 Å². The molecular formula is C13H17ClO4S. The molecule has 0 saturated heterocycles. The van der Waals surface area contributed by atoms with Crippen molar-refractivity contribution in [2.75, 3.05) is 12.4 Å². The second-order valence-corrected chi connectivity index (χ2v) is 6.94. The number of hydrogen-bond donors (Lipinski definition) is 1. The number of benzene rings is 1. The molecule has 0 heterocycles. The van der Waals surface area contributed by atoms with Gasteiger partial charge in [0.25, 0.3) is 0 Å². The zero-order valence-corrected chi connectivity index (χ0v) is 12.7. The highest BCUT2D eigenvalue weighted by Gasteiger charge is 2.14. The fraction of sp³-hybridized carbons (Fsp3) is 0.462. The topological polar surface area (TPSA) is 63.6 Å². The molecule has 0 radical (unpaired) electrons. The van der Waals surface area contributed by atoms with Gasteiger partial charge >= 0.3 is 5.97 Å². The molecule has 0 aliphatic heterocycles. The predicted molar refractivity (Wildman–Crippen MR) is 75.4 cm³/mol. The summed E-state index contributed by atoms with van der Waals surface area (Å²) in [7, 11) is -1.30. The van der Waals surface area contributed by atoms with Crippen LogP contribution >= 0.6 is 11.6 Å². The van der Waals surface area contributed by atoms with Crippen LogP contribution in [0.15, 0.2) is 23.1 Å². The number of aromatic carboxylic acids is 1. The normalized spacial score (nSPS) is 13.3. The van der Waals surface area contributed by atoms with Gasteiger partial charge in [-0.2, -0.15) is 0 Å². The Bertz CT molecular complexity index is 494. The van der Waals surface area contributed by atoms with Crippen LogP contribution in [-0.4, -0.2) is 33.2 Å². The number of carboxylic acids is 1. The van der Waals surface area contributed by atoms with E-state index >= 15 is 0 Å². The van der Waals surface area contributed by atoms with E-state index in [9.17, 15) is 9.00 Å². The third kappa shape index (κ3) is 5.30. The first-order chi connectivity index (χ1) is 8.70.